The van der Waals surface area contributed by atoms with Gasteiger partial charge in [0.15, 0.2) is 22.1 Å². The molecular formula is C37H34N4+2. The van der Waals surface area contributed by atoms with E-state index >= 15 is 0 Å². The lowest BCUT2D eigenvalue weighted by Gasteiger charge is -2.10. The summed E-state index contributed by atoms with van der Waals surface area (Å²) in [7, 11) is 8.57. The van der Waals surface area contributed by atoms with Gasteiger partial charge >= 0.3 is 0 Å². The Morgan fingerprint density at radius 3 is 1.34 bits per heavy atom. The number of hydrogen-bond donors (Lipinski definition) is 0. The van der Waals surface area contributed by atoms with Crippen LogP contribution in [-0.2, 0) is 28.2 Å². The molecular weight excluding hydrogens is 500 g/mol. The normalized spacial score (nSPS) is 11.5. The van der Waals surface area contributed by atoms with Crippen molar-refractivity contribution in [2.75, 3.05) is 0 Å². The van der Waals surface area contributed by atoms with Crippen LogP contribution in [0.5, 0.6) is 0 Å². The van der Waals surface area contributed by atoms with Crippen LogP contribution in [0.15, 0.2) is 115 Å². The summed E-state index contributed by atoms with van der Waals surface area (Å²) in [5, 5.41) is 0. The van der Waals surface area contributed by atoms with Gasteiger partial charge in [-0.05, 0) is 83.3 Å². The summed E-state index contributed by atoms with van der Waals surface area (Å²) >= 11 is 0. The first-order valence-corrected chi connectivity index (χ1v) is 14.1. The molecule has 0 N–H and O–H groups in total. The first kappa shape index (κ1) is 25.0. The van der Waals surface area contributed by atoms with E-state index < -0.39 is 0 Å². The van der Waals surface area contributed by atoms with Crippen molar-refractivity contribution in [1.82, 2.24) is 9.13 Å². The molecule has 0 amide bonds. The minimum Gasteiger partial charge on any atom is -0.226 e. The molecule has 0 aliphatic rings. The summed E-state index contributed by atoms with van der Waals surface area (Å²) in [6, 6.07) is 41.8. The fraction of sp³-hybridized carbons (Fsp3) is 0.135. The van der Waals surface area contributed by atoms with Crippen LogP contribution >= 0.6 is 0 Å². The minimum absolute atomic E-state index is 1.20. The van der Waals surface area contributed by atoms with Crippen molar-refractivity contribution in [3.63, 3.8) is 0 Å². The predicted molar refractivity (Wildman–Crippen MR) is 168 cm³/mol. The molecule has 7 aromatic rings. The number of aryl methyl sites for hydroxylation is 5. The Morgan fingerprint density at radius 1 is 0.463 bits per heavy atom. The minimum atomic E-state index is 1.20. The van der Waals surface area contributed by atoms with Crippen molar-refractivity contribution in [2.45, 2.75) is 6.92 Å². The SMILES string of the molecule is Cc1cc(-c2ccc(-c3n(C)c4ccccc4[n+]3C)cc2)ccc1-c1ccc(-c2n(C)c3ccccc3[n+]2C)cc1. The molecule has 0 atom stereocenters. The first-order chi connectivity index (χ1) is 19.9. The van der Waals surface area contributed by atoms with Crippen LogP contribution in [-0.4, -0.2) is 9.13 Å². The number of aromatic nitrogens is 4. The Bertz CT molecular complexity index is 2000. The Kier molecular flexibility index (Phi) is 5.86. The van der Waals surface area contributed by atoms with Crippen molar-refractivity contribution < 1.29 is 9.13 Å². The molecule has 0 aliphatic heterocycles. The molecule has 0 radical (unpaired) electrons. The zero-order valence-corrected chi connectivity index (χ0v) is 24.3. The summed E-state index contributed by atoms with van der Waals surface area (Å²) in [4.78, 5) is 0. The van der Waals surface area contributed by atoms with Gasteiger partial charge in [-0.3, -0.25) is 0 Å². The van der Waals surface area contributed by atoms with Crippen molar-refractivity contribution in [3.8, 4) is 45.0 Å². The summed E-state index contributed by atoms with van der Waals surface area (Å²) in [6.07, 6.45) is 0. The van der Waals surface area contributed by atoms with Crippen LogP contribution in [0.25, 0.3) is 67.1 Å². The molecule has 0 spiro atoms. The lowest BCUT2D eigenvalue weighted by molar-refractivity contribution is -0.634. The third kappa shape index (κ3) is 3.98. The van der Waals surface area contributed by atoms with Crippen LogP contribution in [0.3, 0.4) is 0 Å². The molecule has 0 bridgehead atoms. The molecule has 200 valence electrons. The van der Waals surface area contributed by atoms with Gasteiger partial charge in [-0.2, -0.15) is 0 Å². The number of rotatable bonds is 4. The van der Waals surface area contributed by atoms with E-state index in [1.54, 1.807) is 0 Å². The van der Waals surface area contributed by atoms with Gasteiger partial charge in [0, 0.05) is 0 Å². The van der Waals surface area contributed by atoms with Crippen molar-refractivity contribution >= 4 is 22.1 Å². The topological polar surface area (TPSA) is 17.6 Å². The van der Waals surface area contributed by atoms with Crippen molar-refractivity contribution in [1.29, 1.82) is 0 Å². The number of hydrogen-bond acceptors (Lipinski definition) is 0. The average molecular weight is 535 g/mol. The molecule has 0 aliphatic carbocycles. The van der Waals surface area contributed by atoms with Crippen LogP contribution in [0, 0.1) is 6.92 Å². The third-order valence-electron chi connectivity index (χ3n) is 8.64. The summed E-state index contributed by atoms with van der Waals surface area (Å²) in [6.45, 7) is 2.21. The van der Waals surface area contributed by atoms with Gasteiger partial charge in [0.1, 0.15) is 0 Å². The number of imidazole rings is 2. The van der Waals surface area contributed by atoms with Gasteiger partial charge in [-0.1, -0.05) is 66.7 Å². The van der Waals surface area contributed by atoms with Gasteiger partial charge in [0.25, 0.3) is 11.6 Å². The third-order valence-corrected chi connectivity index (χ3v) is 8.64. The van der Waals surface area contributed by atoms with E-state index in [9.17, 15) is 0 Å². The van der Waals surface area contributed by atoms with Crippen molar-refractivity contribution in [2.24, 2.45) is 28.2 Å². The summed E-state index contributed by atoms with van der Waals surface area (Å²) < 4.78 is 9.09. The maximum atomic E-state index is 2.30. The fourth-order valence-electron chi connectivity index (χ4n) is 6.52. The maximum absolute atomic E-state index is 2.30. The number of nitrogens with zero attached hydrogens (tertiary/aromatic N) is 4. The molecule has 2 heterocycles. The Labute approximate surface area is 241 Å². The van der Waals surface area contributed by atoms with E-state index in [-0.39, 0.29) is 0 Å². The van der Waals surface area contributed by atoms with Gasteiger partial charge in [0.2, 0.25) is 0 Å². The smallest absolute Gasteiger partial charge is 0.226 e. The van der Waals surface area contributed by atoms with E-state index in [1.807, 2.05) is 0 Å². The number of fused-ring (bicyclic) bond motifs is 2. The van der Waals surface area contributed by atoms with Gasteiger partial charge in [-0.25, -0.2) is 18.3 Å². The molecule has 0 saturated heterocycles. The number of benzene rings is 5. The predicted octanol–water partition coefficient (Wildman–Crippen LogP) is 7.30. The monoisotopic (exact) mass is 534 g/mol. The van der Waals surface area contributed by atoms with E-state index in [0.717, 1.165) is 0 Å². The van der Waals surface area contributed by atoms with Gasteiger partial charge < -0.3 is 0 Å². The quantitative estimate of drug-likeness (QED) is 0.211. The highest BCUT2D eigenvalue weighted by Crippen LogP contribution is 2.32. The lowest BCUT2D eigenvalue weighted by Crippen LogP contribution is -2.29. The molecule has 4 nitrogen and oxygen atoms in total. The molecule has 41 heavy (non-hydrogen) atoms. The molecule has 0 fully saturated rings. The summed E-state index contributed by atoms with van der Waals surface area (Å²) in [5.74, 6) is 2.40. The largest absolute Gasteiger partial charge is 0.289 e. The Hall–Kier alpha value is -4.96. The Morgan fingerprint density at radius 2 is 0.878 bits per heavy atom. The Balaban J connectivity index is 1.17. The van der Waals surface area contributed by atoms with Crippen LogP contribution in [0.1, 0.15) is 5.56 Å². The van der Waals surface area contributed by atoms with Crippen LogP contribution < -0.4 is 9.13 Å². The van der Waals surface area contributed by atoms with Gasteiger partial charge in [-0.15, -0.1) is 0 Å². The van der Waals surface area contributed by atoms with Gasteiger partial charge in [0.05, 0.1) is 39.3 Å². The van der Waals surface area contributed by atoms with E-state index in [0.29, 0.717) is 0 Å². The highest BCUT2D eigenvalue weighted by Gasteiger charge is 2.22. The zero-order chi connectivity index (χ0) is 28.2. The molecule has 0 unspecified atom stereocenters. The molecule has 4 heteroatoms. The second-order valence-electron chi connectivity index (χ2n) is 11.0. The highest BCUT2D eigenvalue weighted by molar-refractivity contribution is 5.79. The molecule has 2 aromatic heterocycles. The molecule has 0 saturated carbocycles. The second-order valence-corrected chi connectivity index (χ2v) is 11.0. The first-order valence-electron chi connectivity index (χ1n) is 14.1. The van der Waals surface area contributed by atoms with E-state index in [1.165, 1.54) is 72.7 Å². The molecule has 5 aromatic carbocycles. The van der Waals surface area contributed by atoms with Crippen LogP contribution in [0.4, 0.5) is 0 Å². The standard InChI is InChI=1S/C37H34N4/c1-25-24-30(26-14-18-28(19-15-26)36-38(2)32-10-6-7-11-33(32)39(36)3)22-23-31(25)27-16-20-29(21-17-27)37-40(4)34-12-8-9-13-35(34)41(37)5/h6-24H,1-5H3/q+2. The number of para-hydroxylation sites is 4. The zero-order valence-electron chi connectivity index (χ0n) is 24.3. The summed E-state index contributed by atoms with van der Waals surface area (Å²) in [5.41, 5.74) is 13.6. The van der Waals surface area contributed by atoms with E-state index in [2.05, 4.69) is 169 Å². The average Bonchev–Trinajstić information content (AvgIpc) is 3.42. The maximum Gasteiger partial charge on any atom is 0.289 e. The lowest BCUT2D eigenvalue weighted by atomic mass is 9.95. The van der Waals surface area contributed by atoms with Crippen LogP contribution in [0.2, 0.25) is 0 Å². The second kappa shape index (κ2) is 9.60. The highest BCUT2D eigenvalue weighted by atomic mass is 15.1. The van der Waals surface area contributed by atoms with Crippen molar-refractivity contribution in [3.05, 3.63) is 121 Å². The van der Waals surface area contributed by atoms with E-state index in [4.69, 9.17) is 0 Å². The fourth-order valence-corrected chi connectivity index (χ4v) is 6.52. The molecule has 7 rings (SSSR count).